The lowest BCUT2D eigenvalue weighted by atomic mass is 9.91. The molecule has 2 aliphatic heterocycles. The quantitative estimate of drug-likeness (QED) is 0.553. The lowest BCUT2D eigenvalue weighted by molar-refractivity contribution is -0.139. The fourth-order valence-corrected chi connectivity index (χ4v) is 5.46. The zero-order valence-electron chi connectivity index (χ0n) is 18.1. The second-order valence-electron chi connectivity index (χ2n) is 8.08. The van der Waals surface area contributed by atoms with Gasteiger partial charge in [-0.1, -0.05) is 30.3 Å². The van der Waals surface area contributed by atoms with E-state index in [4.69, 9.17) is 0 Å². The molecule has 2 aromatic carbocycles. The normalized spacial score (nSPS) is 22.4. The number of hydrogen-bond acceptors (Lipinski definition) is 7. The van der Waals surface area contributed by atoms with Crippen molar-refractivity contribution in [3.05, 3.63) is 71.8 Å². The van der Waals surface area contributed by atoms with Gasteiger partial charge in [0, 0.05) is 17.9 Å². The number of nitrogens with one attached hydrogen (secondary N) is 1. The van der Waals surface area contributed by atoms with E-state index >= 15 is 0 Å². The molecule has 0 bridgehead atoms. The summed E-state index contributed by atoms with van der Waals surface area (Å²) in [7, 11) is 0. The number of aromatic nitrogens is 4. The Morgan fingerprint density at radius 1 is 1.24 bits per heavy atom. The average Bonchev–Trinajstić information content (AvgIpc) is 3.58. The molecule has 2 aliphatic rings. The zero-order valence-corrected chi connectivity index (χ0v) is 18.9. The summed E-state index contributed by atoms with van der Waals surface area (Å²) >= 11 is 1.45. The first-order chi connectivity index (χ1) is 16.4. The molecule has 34 heavy (non-hydrogen) atoms. The number of carbonyl (C=O) groups is 3. The fraction of sp³-hybridized carbons (Fsp3) is 0.273. The Balaban J connectivity index is 1.36. The van der Waals surface area contributed by atoms with Gasteiger partial charge in [0.15, 0.2) is 0 Å². The number of hydrogen-bond donors (Lipinski definition) is 1. The van der Waals surface area contributed by atoms with Gasteiger partial charge in [-0.2, -0.15) is 0 Å². The van der Waals surface area contributed by atoms with E-state index in [1.807, 2.05) is 0 Å². The third kappa shape index (κ3) is 3.69. The van der Waals surface area contributed by atoms with E-state index in [1.165, 1.54) is 33.7 Å². The largest absolute Gasteiger partial charge is 0.325 e. The van der Waals surface area contributed by atoms with Crippen LogP contribution >= 0.6 is 11.8 Å². The highest BCUT2D eigenvalue weighted by atomic mass is 32.2. The molecule has 0 saturated carbocycles. The highest BCUT2D eigenvalue weighted by Crippen LogP contribution is 2.39. The maximum Gasteiger partial charge on any atom is 0.325 e. The van der Waals surface area contributed by atoms with Crippen LogP contribution < -0.4 is 5.32 Å². The van der Waals surface area contributed by atoms with Crippen LogP contribution in [0.2, 0.25) is 0 Å². The molecule has 0 unspecified atom stereocenters. The Morgan fingerprint density at radius 2 is 2.06 bits per heavy atom. The minimum Gasteiger partial charge on any atom is -0.324 e. The molecule has 2 saturated heterocycles. The Hall–Kier alpha value is -3.80. The van der Waals surface area contributed by atoms with Crippen LogP contribution in [0.25, 0.3) is 5.69 Å². The highest BCUT2D eigenvalue weighted by Gasteiger charge is 2.50. The fourth-order valence-electron chi connectivity index (χ4n) is 4.16. The zero-order chi connectivity index (χ0) is 23.9. The molecule has 3 aromatic rings. The van der Waals surface area contributed by atoms with Crippen molar-refractivity contribution in [2.75, 3.05) is 18.8 Å². The second-order valence-corrected chi connectivity index (χ2v) is 9.27. The molecular weight excluding hydrogens is 461 g/mol. The van der Waals surface area contributed by atoms with Gasteiger partial charge in [0.05, 0.1) is 5.69 Å². The van der Waals surface area contributed by atoms with E-state index in [0.29, 0.717) is 29.1 Å². The van der Waals surface area contributed by atoms with E-state index in [-0.39, 0.29) is 0 Å². The number of rotatable bonds is 5. The summed E-state index contributed by atoms with van der Waals surface area (Å²) in [6.07, 6.45) is 1.42. The number of urea groups is 1. The van der Waals surface area contributed by atoms with Crippen molar-refractivity contribution in [2.24, 2.45) is 0 Å². The summed E-state index contributed by atoms with van der Waals surface area (Å²) in [6.45, 7) is 1.56. The molecule has 10 nitrogen and oxygen atoms in total. The summed E-state index contributed by atoms with van der Waals surface area (Å²) in [4.78, 5) is 41.7. The van der Waals surface area contributed by atoms with Crippen molar-refractivity contribution in [2.45, 2.75) is 17.8 Å². The second kappa shape index (κ2) is 8.52. The average molecular weight is 482 g/mol. The lowest BCUT2D eigenvalue weighted by Crippen LogP contribution is -2.44. The van der Waals surface area contributed by atoms with Crippen LogP contribution in [0.1, 0.15) is 23.4 Å². The van der Waals surface area contributed by atoms with Gasteiger partial charge in [-0.25, -0.2) is 13.9 Å². The number of tetrazole rings is 1. The Morgan fingerprint density at radius 3 is 2.82 bits per heavy atom. The Kier molecular flexibility index (Phi) is 5.52. The van der Waals surface area contributed by atoms with Crippen molar-refractivity contribution < 1.29 is 18.8 Å². The highest BCUT2D eigenvalue weighted by molar-refractivity contribution is 7.99. The van der Waals surface area contributed by atoms with E-state index in [9.17, 15) is 18.8 Å². The molecule has 4 amide bonds. The van der Waals surface area contributed by atoms with Gasteiger partial charge in [-0.3, -0.25) is 14.5 Å². The number of halogens is 1. The van der Waals surface area contributed by atoms with Gasteiger partial charge in [0.25, 0.3) is 5.91 Å². The first-order valence-electron chi connectivity index (χ1n) is 10.5. The van der Waals surface area contributed by atoms with Gasteiger partial charge >= 0.3 is 6.03 Å². The smallest absolute Gasteiger partial charge is 0.324 e. The monoisotopic (exact) mass is 481 g/mol. The van der Waals surface area contributed by atoms with Gasteiger partial charge in [0.2, 0.25) is 5.91 Å². The van der Waals surface area contributed by atoms with Crippen LogP contribution in [0.15, 0.2) is 54.9 Å². The van der Waals surface area contributed by atoms with E-state index in [2.05, 4.69) is 20.8 Å². The first-order valence-corrected chi connectivity index (χ1v) is 11.6. The Labute approximate surface area is 198 Å². The first kappa shape index (κ1) is 22.0. The molecule has 3 heterocycles. The van der Waals surface area contributed by atoms with Crippen LogP contribution in [0.4, 0.5) is 9.18 Å². The van der Waals surface area contributed by atoms with Crippen molar-refractivity contribution in [3.8, 4) is 5.69 Å². The summed E-state index contributed by atoms with van der Waals surface area (Å²) < 4.78 is 15.8. The summed E-state index contributed by atoms with van der Waals surface area (Å²) in [5.41, 5.74) is 0.170. The number of imide groups is 1. The van der Waals surface area contributed by atoms with Crippen molar-refractivity contribution in [1.29, 1.82) is 0 Å². The lowest BCUT2D eigenvalue weighted by Gasteiger charge is -2.26. The number of carbonyl (C=O) groups excluding carboxylic acids is 3. The Bertz CT molecular complexity index is 1270. The van der Waals surface area contributed by atoms with Gasteiger partial charge < -0.3 is 10.2 Å². The molecule has 1 N–H and O–H groups in total. The molecule has 2 fully saturated rings. The number of amides is 4. The molecule has 2 atom stereocenters. The molecular formula is C22H20FN7O3S. The molecule has 1 aromatic heterocycles. The molecule has 0 spiro atoms. The summed E-state index contributed by atoms with van der Waals surface area (Å²) in [6, 6.07) is 12.5. The number of benzene rings is 2. The molecule has 12 heteroatoms. The van der Waals surface area contributed by atoms with E-state index < -0.39 is 41.1 Å². The molecule has 174 valence electrons. The van der Waals surface area contributed by atoms with Gasteiger partial charge in [-0.05, 0) is 41.1 Å². The number of thioether (sulfide) groups is 1. The minimum atomic E-state index is -1.37. The predicted octanol–water partition coefficient (Wildman–Crippen LogP) is 1.84. The maximum absolute atomic E-state index is 14.3. The maximum atomic E-state index is 14.3. The van der Waals surface area contributed by atoms with E-state index in [0.717, 1.165) is 4.90 Å². The van der Waals surface area contributed by atoms with E-state index in [1.54, 1.807) is 49.4 Å². The SMILES string of the molecule is C[C@]1(c2cccc(-n3cnnn3)c2)NC(=O)N(CC(=O)N2CCS[C@@H]2c2ccccc2F)C1=O. The van der Waals surface area contributed by atoms with Crippen molar-refractivity contribution >= 4 is 29.6 Å². The van der Waals surface area contributed by atoms with Gasteiger partial charge in [-0.15, -0.1) is 16.9 Å². The molecule has 0 aliphatic carbocycles. The molecule has 0 radical (unpaired) electrons. The predicted molar refractivity (Wildman–Crippen MR) is 120 cm³/mol. The van der Waals surface area contributed by atoms with Crippen LogP contribution in [-0.4, -0.2) is 66.7 Å². The van der Waals surface area contributed by atoms with Crippen LogP contribution in [-0.2, 0) is 15.1 Å². The van der Waals surface area contributed by atoms with Crippen LogP contribution in [0, 0.1) is 5.82 Å². The topological polar surface area (TPSA) is 113 Å². The van der Waals surface area contributed by atoms with Crippen LogP contribution in [0.5, 0.6) is 0 Å². The van der Waals surface area contributed by atoms with Crippen molar-refractivity contribution in [3.63, 3.8) is 0 Å². The van der Waals surface area contributed by atoms with Gasteiger partial charge in [0.1, 0.15) is 29.6 Å². The van der Waals surface area contributed by atoms with Crippen molar-refractivity contribution in [1.82, 2.24) is 35.3 Å². The van der Waals surface area contributed by atoms with Crippen LogP contribution in [0.3, 0.4) is 0 Å². The third-order valence-corrected chi connectivity index (χ3v) is 7.23. The standard InChI is InChI=1S/C22H20FN7O3S/c1-22(14-5-4-6-15(11-14)30-13-24-26-27-30)20(32)29(21(33)25-22)12-18(31)28-9-10-34-19(28)16-7-2-3-8-17(16)23/h2-8,11,13,19H,9-10,12H2,1H3,(H,25,33)/t19-,22-/m1/s1. The number of nitrogens with zero attached hydrogens (tertiary/aromatic N) is 6. The minimum absolute atomic E-state index is 0.398. The third-order valence-electron chi connectivity index (χ3n) is 5.99. The molecule has 5 rings (SSSR count). The summed E-state index contributed by atoms with van der Waals surface area (Å²) in [5.74, 6) is -0.737. The summed E-state index contributed by atoms with van der Waals surface area (Å²) in [5, 5.41) is 13.3.